The van der Waals surface area contributed by atoms with Crippen LogP contribution in [0.5, 0.6) is 5.75 Å². The molecule has 108 valence electrons. The van der Waals surface area contributed by atoms with Crippen LogP contribution >= 0.6 is 11.6 Å². The third-order valence-electron chi connectivity index (χ3n) is 2.82. The second-order valence-corrected chi connectivity index (χ2v) is 5.42. The molecule has 0 spiro atoms. The quantitative estimate of drug-likeness (QED) is 0.889. The first-order valence-corrected chi connectivity index (χ1v) is 6.96. The lowest BCUT2D eigenvalue weighted by atomic mass is 10.2. The third-order valence-corrected chi connectivity index (χ3v) is 3.12. The lowest BCUT2D eigenvalue weighted by Crippen LogP contribution is -2.12. The Morgan fingerprint density at radius 2 is 2.20 bits per heavy atom. The fourth-order valence-electron chi connectivity index (χ4n) is 1.83. The number of nitrogens with zero attached hydrogens (tertiary/aromatic N) is 3. The molecular formula is C14H19ClN4O. The maximum Gasteiger partial charge on any atom is 0.164 e. The van der Waals surface area contributed by atoms with Crippen molar-refractivity contribution in [2.75, 3.05) is 0 Å². The summed E-state index contributed by atoms with van der Waals surface area (Å²) in [6.07, 6.45) is 1.54. The average molecular weight is 295 g/mol. The summed E-state index contributed by atoms with van der Waals surface area (Å²) in [6.45, 7) is 5.89. The largest absolute Gasteiger partial charge is 0.484 e. The molecule has 0 amide bonds. The molecule has 2 aromatic rings. The molecule has 0 fully saturated rings. The molecule has 1 aromatic carbocycles. The zero-order valence-corrected chi connectivity index (χ0v) is 12.5. The van der Waals surface area contributed by atoms with Gasteiger partial charge in [0.1, 0.15) is 18.7 Å². The van der Waals surface area contributed by atoms with Gasteiger partial charge in [-0.2, -0.15) is 5.10 Å². The van der Waals surface area contributed by atoms with E-state index in [0.29, 0.717) is 29.8 Å². The number of aromatic nitrogens is 3. The van der Waals surface area contributed by atoms with Gasteiger partial charge in [0, 0.05) is 13.1 Å². The fourth-order valence-corrected chi connectivity index (χ4v) is 2.09. The summed E-state index contributed by atoms with van der Waals surface area (Å²) < 4.78 is 7.56. The zero-order chi connectivity index (χ0) is 14.5. The molecule has 0 saturated heterocycles. The van der Waals surface area contributed by atoms with E-state index < -0.39 is 0 Å². The molecule has 0 aliphatic heterocycles. The lowest BCUT2D eigenvalue weighted by molar-refractivity contribution is 0.283. The molecule has 0 aliphatic carbocycles. The van der Waals surface area contributed by atoms with Gasteiger partial charge in [0.15, 0.2) is 5.82 Å². The molecule has 0 saturated carbocycles. The highest BCUT2D eigenvalue weighted by Gasteiger charge is 2.09. The van der Waals surface area contributed by atoms with Crippen molar-refractivity contribution in [2.24, 2.45) is 11.7 Å². The van der Waals surface area contributed by atoms with Crippen molar-refractivity contribution < 1.29 is 4.74 Å². The summed E-state index contributed by atoms with van der Waals surface area (Å²) >= 11 is 6.15. The second-order valence-electron chi connectivity index (χ2n) is 5.01. The molecule has 0 aliphatic rings. The number of benzene rings is 1. The highest BCUT2D eigenvalue weighted by atomic mass is 35.5. The molecule has 20 heavy (non-hydrogen) atoms. The molecule has 0 atom stereocenters. The van der Waals surface area contributed by atoms with Gasteiger partial charge in [-0.1, -0.05) is 31.5 Å². The zero-order valence-electron chi connectivity index (χ0n) is 11.7. The smallest absolute Gasteiger partial charge is 0.164 e. The normalized spacial score (nSPS) is 11.1. The van der Waals surface area contributed by atoms with E-state index in [-0.39, 0.29) is 0 Å². The Bertz CT molecular complexity index is 568. The summed E-state index contributed by atoms with van der Waals surface area (Å²) in [5.74, 6) is 1.92. The van der Waals surface area contributed by atoms with Crippen LogP contribution in [0.3, 0.4) is 0 Å². The van der Waals surface area contributed by atoms with E-state index in [1.54, 1.807) is 6.33 Å². The first kappa shape index (κ1) is 14.8. The van der Waals surface area contributed by atoms with Crippen molar-refractivity contribution in [3.05, 3.63) is 40.9 Å². The Kier molecular flexibility index (Phi) is 4.98. The highest BCUT2D eigenvalue weighted by molar-refractivity contribution is 6.32. The van der Waals surface area contributed by atoms with Crippen molar-refractivity contribution in [1.29, 1.82) is 0 Å². The van der Waals surface area contributed by atoms with Gasteiger partial charge in [0.05, 0.1) is 5.02 Å². The highest BCUT2D eigenvalue weighted by Crippen LogP contribution is 2.26. The molecule has 1 heterocycles. The summed E-state index contributed by atoms with van der Waals surface area (Å²) in [4.78, 5) is 4.21. The Hall–Kier alpha value is -1.59. The molecule has 0 bridgehead atoms. The first-order valence-electron chi connectivity index (χ1n) is 6.58. The van der Waals surface area contributed by atoms with Crippen LogP contribution in [0.1, 0.15) is 25.2 Å². The van der Waals surface area contributed by atoms with E-state index in [1.807, 2.05) is 22.9 Å². The van der Waals surface area contributed by atoms with E-state index in [1.165, 1.54) is 0 Å². The van der Waals surface area contributed by atoms with Gasteiger partial charge >= 0.3 is 0 Å². The third kappa shape index (κ3) is 3.71. The van der Waals surface area contributed by atoms with E-state index in [0.717, 1.165) is 17.9 Å². The van der Waals surface area contributed by atoms with Gasteiger partial charge in [0.25, 0.3) is 0 Å². The summed E-state index contributed by atoms with van der Waals surface area (Å²) in [6, 6.07) is 5.55. The van der Waals surface area contributed by atoms with E-state index >= 15 is 0 Å². The predicted molar refractivity (Wildman–Crippen MR) is 78.5 cm³/mol. The van der Waals surface area contributed by atoms with Crippen LogP contribution in [-0.2, 0) is 19.7 Å². The van der Waals surface area contributed by atoms with E-state index in [2.05, 4.69) is 23.9 Å². The molecule has 2 rings (SSSR count). The minimum absolute atomic E-state index is 0.342. The maximum atomic E-state index is 6.15. The van der Waals surface area contributed by atoms with Crippen LogP contribution in [-0.4, -0.2) is 14.8 Å². The van der Waals surface area contributed by atoms with E-state index in [9.17, 15) is 0 Å². The van der Waals surface area contributed by atoms with Gasteiger partial charge in [-0.25, -0.2) is 9.67 Å². The van der Waals surface area contributed by atoms with Crippen LogP contribution in [0.2, 0.25) is 5.02 Å². The SMILES string of the molecule is CC(C)Cn1ncnc1COc1ccc(CN)cc1Cl. The Labute approximate surface area is 123 Å². The van der Waals surface area contributed by atoms with Gasteiger partial charge in [-0.05, 0) is 23.6 Å². The van der Waals surface area contributed by atoms with Crippen LogP contribution in [0, 0.1) is 5.92 Å². The Balaban J connectivity index is 2.03. The van der Waals surface area contributed by atoms with Gasteiger partial charge in [-0.15, -0.1) is 0 Å². The molecule has 0 unspecified atom stereocenters. The monoisotopic (exact) mass is 294 g/mol. The van der Waals surface area contributed by atoms with Gasteiger partial charge in [-0.3, -0.25) is 0 Å². The maximum absolute atomic E-state index is 6.15. The molecule has 0 radical (unpaired) electrons. The Morgan fingerprint density at radius 3 is 2.85 bits per heavy atom. The second kappa shape index (κ2) is 6.72. The van der Waals surface area contributed by atoms with Crippen molar-refractivity contribution in [3.8, 4) is 5.75 Å². The van der Waals surface area contributed by atoms with Gasteiger partial charge < -0.3 is 10.5 Å². The van der Waals surface area contributed by atoms with Crippen LogP contribution in [0.15, 0.2) is 24.5 Å². The molecule has 6 heteroatoms. The average Bonchev–Trinajstić information content (AvgIpc) is 2.83. The summed E-state index contributed by atoms with van der Waals surface area (Å²) in [5, 5.41) is 4.75. The number of hydrogen-bond acceptors (Lipinski definition) is 4. The number of nitrogens with two attached hydrogens (primary N) is 1. The first-order chi connectivity index (χ1) is 9.60. The number of hydrogen-bond donors (Lipinski definition) is 1. The summed E-state index contributed by atoms with van der Waals surface area (Å²) in [7, 11) is 0. The van der Waals surface area contributed by atoms with Crippen molar-refractivity contribution in [2.45, 2.75) is 33.5 Å². The van der Waals surface area contributed by atoms with Crippen LogP contribution < -0.4 is 10.5 Å². The van der Waals surface area contributed by atoms with Crippen LogP contribution in [0.25, 0.3) is 0 Å². The Morgan fingerprint density at radius 1 is 1.40 bits per heavy atom. The molecule has 1 aromatic heterocycles. The number of rotatable bonds is 6. The minimum Gasteiger partial charge on any atom is -0.484 e. The standard InChI is InChI=1S/C14H19ClN4O/c1-10(2)7-19-14(17-9-18-19)8-20-13-4-3-11(6-16)5-12(13)15/h3-5,9-10H,6-8,16H2,1-2H3. The predicted octanol–water partition coefficient (Wildman–Crippen LogP) is 2.63. The number of ether oxygens (including phenoxy) is 1. The van der Waals surface area contributed by atoms with Crippen molar-refractivity contribution >= 4 is 11.6 Å². The van der Waals surface area contributed by atoms with Crippen LogP contribution in [0.4, 0.5) is 0 Å². The molecular weight excluding hydrogens is 276 g/mol. The van der Waals surface area contributed by atoms with Crippen molar-refractivity contribution in [1.82, 2.24) is 14.8 Å². The fraction of sp³-hybridized carbons (Fsp3) is 0.429. The minimum atomic E-state index is 0.342. The van der Waals surface area contributed by atoms with Crippen molar-refractivity contribution in [3.63, 3.8) is 0 Å². The molecule has 2 N–H and O–H groups in total. The topological polar surface area (TPSA) is 66.0 Å². The number of halogens is 1. The van der Waals surface area contributed by atoms with Gasteiger partial charge in [0.2, 0.25) is 0 Å². The summed E-state index contributed by atoms with van der Waals surface area (Å²) in [5.41, 5.74) is 6.54. The lowest BCUT2D eigenvalue weighted by Gasteiger charge is -2.11. The van der Waals surface area contributed by atoms with E-state index in [4.69, 9.17) is 22.1 Å². The molecule has 5 nitrogen and oxygen atoms in total.